The van der Waals surface area contributed by atoms with Crippen molar-refractivity contribution in [1.82, 2.24) is 19.5 Å². The lowest BCUT2D eigenvalue weighted by atomic mass is 10.1. The van der Waals surface area contributed by atoms with E-state index in [1.54, 1.807) is 0 Å². The number of hydrogen-bond donors (Lipinski definition) is 1. The number of fused-ring (bicyclic) bond motifs is 3. The molecule has 4 rings (SSSR count). The highest BCUT2D eigenvalue weighted by atomic mass is 35.5. The molecule has 1 saturated heterocycles. The van der Waals surface area contributed by atoms with E-state index in [2.05, 4.69) is 12.0 Å². The van der Waals surface area contributed by atoms with E-state index in [0.717, 1.165) is 46.5 Å². The van der Waals surface area contributed by atoms with Gasteiger partial charge in [0.1, 0.15) is 0 Å². The van der Waals surface area contributed by atoms with Crippen LogP contribution in [-0.2, 0) is 11.2 Å². The number of rotatable bonds is 3. The maximum Gasteiger partial charge on any atom is 0.222 e. The third kappa shape index (κ3) is 3.15. The molecule has 0 unspecified atom stereocenters. The third-order valence-corrected chi connectivity index (χ3v) is 5.18. The van der Waals surface area contributed by atoms with E-state index in [4.69, 9.17) is 10.7 Å². The number of benzene rings is 1. The second-order valence-electron chi connectivity index (χ2n) is 6.90. The van der Waals surface area contributed by atoms with Crippen molar-refractivity contribution in [3.63, 3.8) is 0 Å². The van der Waals surface area contributed by atoms with Crippen LogP contribution in [0.4, 0.5) is 0 Å². The van der Waals surface area contributed by atoms with Gasteiger partial charge < -0.3 is 10.6 Å². The third-order valence-electron chi connectivity index (χ3n) is 5.18. The van der Waals surface area contributed by atoms with E-state index in [9.17, 15) is 4.79 Å². The van der Waals surface area contributed by atoms with E-state index in [1.807, 2.05) is 40.6 Å². The van der Waals surface area contributed by atoms with Crippen molar-refractivity contribution in [2.75, 3.05) is 13.1 Å². The maximum absolute atomic E-state index is 12.4. The lowest BCUT2D eigenvalue weighted by molar-refractivity contribution is -0.130. The van der Waals surface area contributed by atoms with Crippen molar-refractivity contribution in [2.24, 2.45) is 5.73 Å². The fraction of sp³-hybridized carbons (Fsp3) is 0.421. The van der Waals surface area contributed by atoms with Gasteiger partial charge in [-0.1, -0.05) is 12.1 Å². The van der Waals surface area contributed by atoms with E-state index in [1.165, 1.54) is 0 Å². The molecular weight excluding hydrogens is 350 g/mol. The summed E-state index contributed by atoms with van der Waals surface area (Å²) in [6.07, 6.45) is 2.07. The SMILES string of the molecule is Cc1nc2c3ccccc3nn2c(C)c1CCC(=O)N1CC[C@@H](N)C1.Cl. The molecule has 2 aromatic heterocycles. The molecule has 7 heteroatoms. The molecule has 1 aliphatic rings. The minimum atomic E-state index is 0. The van der Waals surface area contributed by atoms with Crippen molar-refractivity contribution in [2.45, 2.75) is 39.2 Å². The highest BCUT2D eigenvalue weighted by molar-refractivity contribution is 5.92. The largest absolute Gasteiger partial charge is 0.341 e. The fourth-order valence-electron chi connectivity index (χ4n) is 3.74. The Balaban J connectivity index is 0.00000196. The molecule has 1 aliphatic heterocycles. The average molecular weight is 374 g/mol. The topological polar surface area (TPSA) is 76.5 Å². The number of hydrogen-bond acceptors (Lipinski definition) is 4. The first-order valence-electron chi connectivity index (χ1n) is 8.81. The first kappa shape index (κ1) is 18.6. The summed E-state index contributed by atoms with van der Waals surface area (Å²) in [6, 6.07) is 8.16. The van der Waals surface area contributed by atoms with E-state index in [-0.39, 0.29) is 24.4 Å². The van der Waals surface area contributed by atoms with Gasteiger partial charge in [0.25, 0.3) is 0 Å². The number of aromatic nitrogens is 3. The first-order valence-corrected chi connectivity index (χ1v) is 8.81. The fourth-order valence-corrected chi connectivity index (χ4v) is 3.74. The predicted octanol–water partition coefficient (Wildman–Crippen LogP) is 2.41. The van der Waals surface area contributed by atoms with Crippen molar-refractivity contribution in [3.8, 4) is 0 Å². The molecule has 1 fully saturated rings. The number of carbonyl (C=O) groups excluding carboxylic acids is 1. The average Bonchev–Trinajstić information content (AvgIpc) is 3.19. The molecule has 138 valence electrons. The number of nitrogens with zero attached hydrogens (tertiary/aromatic N) is 4. The summed E-state index contributed by atoms with van der Waals surface area (Å²) in [7, 11) is 0. The van der Waals surface area contributed by atoms with Gasteiger partial charge in [-0.25, -0.2) is 9.50 Å². The van der Waals surface area contributed by atoms with Crippen LogP contribution < -0.4 is 5.73 Å². The number of aryl methyl sites for hydroxylation is 2. The van der Waals surface area contributed by atoms with Crippen LogP contribution in [0.1, 0.15) is 29.8 Å². The van der Waals surface area contributed by atoms with Crippen LogP contribution in [0.15, 0.2) is 24.3 Å². The van der Waals surface area contributed by atoms with Gasteiger partial charge in [-0.3, -0.25) is 4.79 Å². The van der Waals surface area contributed by atoms with Crippen LogP contribution in [0.25, 0.3) is 16.6 Å². The lowest BCUT2D eigenvalue weighted by Crippen LogP contribution is -2.32. The quantitative estimate of drug-likeness (QED) is 0.764. The molecule has 1 aromatic carbocycles. The number of halogens is 1. The Labute approximate surface area is 158 Å². The highest BCUT2D eigenvalue weighted by Crippen LogP contribution is 2.23. The van der Waals surface area contributed by atoms with Crippen LogP contribution in [0.3, 0.4) is 0 Å². The molecule has 0 spiro atoms. The summed E-state index contributed by atoms with van der Waals surface area (Å²) in [6.45, 7) is 5.53. The van der Waals surface area contributed by atoms with Crippen LogP contribution in [0, 0.1) is 13.8 Å². The van der Waals surface area contributed by atoms with Crippen LogP contribution in [-0.4, -0.2) is 44.5 Å². The summed E-state index contributed by atoms with van der Waals surface area (Å²) >= 11 is 0. The molecule has 26 heavy (non-hydrogen) atoms. The van der Waals surface area contributed by atoms with Crippen molar-refractivity contribution in [3.05, 3.63) is 41.2 Å². The van der Waals surface area contributed by atoms with E-state index < -0.39 is 0 Å². The van der Waals surface area contributed by atoms with Crippen LogP contribution >= 0.6 is 12.4 Å². The Bertz CT molecular complexity index is 967. The second kappa shape index (κ2) is 7.21. The molecule has 0 aliphatic carbocycles. The minimum Gasteiger partial charge on any atom is -0.341 e. The highest BCUT2D eigenvalue weighted by Gasteiger charge is 2.24. The molecule has 0 bridgehead atoms. The van der Waals surface area contributed by atoms with Crippen molar-refractivity contribution in [1.29, 1.82) is 0 Å². The molecular formula is C19H24ClN5O. The van der Waals surface area contributed by atoms with Gasteiger partial charge >= 0.3 is 0 Å². The second-order valence-corrected chi connectivity index (χ2v) is 6.90. The van der Waals surface area contributed by atoms with Crippen LogP contribution in [0.2, 0.25) is 0 Å². The van der Waals surface area contributed by atoms with Gasteiger partial charge in [0.2, 0.25) is 5.91 Å². The first-order chi connectivity index (χ1) is 12.0. The van der Waals surface area contributed by atoms with E-state index in [0.29, 0.717) is 19.4 Å². The van der Waals surface area contributed by atoms with E-state index >= 15 is 0 Å². The summed E-state index contributed by atoms with van der Waals surface area (Å²) in [5.41, 5.74) is 10.9. The zero-order chi connectivity index (χ0) is 17.6. The predicted molar refractivity (Wildman–Crippen MR) is 105 cm³/mol. The molecule has 3 heterocycles. The zero-order valence-electron chi connectivity index (χ0n) is 15.1. The van der Waals surface area contributed by atoms with Crippen molar-refractivity contribution >= 4 is 34.9 Å². The van der Waals surface area contributed by atoms with Gasteiger partial charge in [-0.2, -0.15) is 5.10 Å². The molecule has 2 N–H and O–H groups in total. The van der Waals surface area contributed by atoms with Gasteiger partial charge in [0.05, 0.1) is 5.52 Å². The van der Waals surface area contributed by atoms with Crippen LogP contribution in [0.5, 0.6) is 0 Å². The molecule has 3 aromatic rings. The van der Waals surface area contributed by atoms with Gasteiger partial charge in [0, 0.05) is 42.3 Å². The molecule has 1 amide bonds. The maximum atomic E-state index is 12.4. The number of amides is 1. The molecule has 1 atom stereocenters. The lowest BCUT2D eigenvalue weighted by Gasteiger charge is -2.17. The summed E-state index contributed by atoms with van der Waals surface area (Å²) in [5, 5.41) is 5.73. The Morgan fingerprint density at radius 2 is 2.08 bits per heavy atom. The number of likely N-dealkylation sites (tertiary alicyclic amines) is 1. The summed E-state index contributed by atoms with van der Waals surface area (Å²) in [5.74, 6) is 0.178. The van der Waals surface area contributed by atoms with Crippen molar-refractivity contribution < 1.29 is 4.79 Å². The normalized spacial score (nSPS) is 17.0. The summed E-state index contributed by atoms with van der Waals surface area (Å²) < 4.78 is 1.91. The molecule has 0 saturated carbocycles. The smallest absolute Gasteiger partial charge is 0.222 e. The Morgan fingerprint density at radius 3 is 2.81 bits per heavy atom. The molecule has 6 nitrogen and oxygen atoms in total. The number of carbonyl (C=O) groups is 1. The van der Waals surface area contributed by atoms with Gasteiger partial charge in [-0.05, 0) is 44.4 Å². The van der Waals surface area contributed by atoms with Gasteiger partial charge in [-0.15, -0.1) is 12.4 Å². The van der Waals surface area contributed by atoms with Gasteiger partial charge in [0.15, 0.2) is 5.65 Å². The minimum absolute atomic E-state index is 0. The number of nitrogens with two attached hydrogens (primary N) is 1. The Hall–Kier alpha value is -2.18. The Morgan fingerprint density at radius 1 is 1.31 bits per heavy atom. The monoisotopic (exact) mass is 373 g/mol. The summed E-state index contributed by atoms with van der Waals surface area (Å²) in [4.78, 5) is 19.1. The zero-order valence-corrected chi connectivity index (χ0v) is 15.9. The Kier molecular flexibility index (Phi) is 5.16. The standard InChI is InChI=1S/C19H23N5O.ClH/c1-12-15(7-8-18(25)23-10-9-14(20)11-23)13(2)24-19(21-12)16-5-3-4-6-17(16)22-24;/h3-6,14H,7-11,20H2,1-2H3;1H/t14-;/m1./s1. The molecule has 0 radical (unpaired) electrons.